The minimum Gasteiger partial charge on any atom is -0.354 e. The number of rotatable bonds is 11. The molecule has 0 radical (unpaired) electrons. The number of benzene rings is 2. The molecule has 3 N–H and O–H groups in total. The fourth-order valence-electron chi connectivity index (χ4n) is 3.97. The predicted molar refractivity (Wildman–Crippen MR) is 128 cm³/mol. The lowest BCUT2D eigenvalue weighted by Gasteiger charge is -2.21. The number of aromatic nitrogens is 2. The zero-order chi connectivity index (χ0) is 22.9. The summed E-state index contributed by atoms with van der Waals surface area (Å²) in [5.41, 5.74) is 6.04. The van der Waals surface area contributed by atoms with Crippen LogP contribution in [0.4, 0.5) is 0 Å². The topological polar surface area (TPSA) is 99.1 Å². The zero-order valence-electron chi connectivity index (χ0n) is 18.6. The lowest BCUT2D eigenvalue weighted by Crippen LogP contribution is -2.45. The van der Waals surface area contributed by atoms with Crippen molar-refractivity contribution < 1.29 is 4.79 Å². The third-order valence-corrected chi connectivity index (χ3v) is 5.69. The van der Waals surface area contributed by atoms with E-state index in [0.29, 0.717) is 30.4 Å². The monoisotopic (exact) mass is 436 g/mol. The molecule has 1 heterocycles. The number of carbonyl (C=O) groups is 1. The van der Waals surface area contributed by atoms with Crippen molar-refractivity contribution in [2.45, 2.75) is 51.6 Å². The predicted octanol–water partition coefficient (Wildman–Crippen LogP) is 2.80. The molecule has 2 aromatic carbocycles. The molecule has 0 saturated carbocycles. The molecule has 0 aliphatic carbocycles. The Morgan fingerprint density at radius 2 is 1.66 bits per heavy atom. The van der Waals surface area contributed by atoms with Crippen molar-refractivity contribution in [2.75, 3.05) is 13.1 Å². The first-order valence-electron chi connectivity index (χ1n) is 11.3. The summed E-state index contributed by atoms with van der Waals surface area (Å²) in [5.74, 6) is -0.205. The van der Waals surface area contributed by atoms with Crippen molar-refractivity contribution >= 4 is 16.8 Å². The number of para-hydroxylation sites is 1. The maximum atomic E-state index is 13.5. The van der Waals surface area contributed by atoms with Crippen LogP contribution in [0, 0.1) is 0 Å². The molecule has 7 nitrogen and oxygen atoms in total. The van der Waals surface area contributed by atoms with Crippen LogP contribution in [0.5, 0.6) is 0 Å². The van der Waals surface area contributed by atoms with Gasteiger partial charge in [-0.2, -0.15) is 0 Å². The molecule has 0 aliphatic rings. The van der Waals surface area contributed by atoms with Gasteiger partial charge in [0.15, 0.2) is 0 Å². The van der Waals surface area contributed by atoms with Gasteiger partial charge in [-0.15, -0.1) is 0 Å². The van der Waals surface area contributed by atoms with E-state index in [2.05, 4.69) is 5.32 Å². The van der Waals surface area contributed by atoms with Gasteiger partial charge in [-0.05, 0) is 43.5 Å². The van der Waals surface area contributed by atoms with Gasteiger partial charge < -0.3 is 11.1 Å². The van der Waals surface area contributed by atoms with E-state index in [4.69, 9.17) is 5.73 Å². The van der Waals surface area contributed by atoms with Crippen molar-refractivity contribution in [3.8, 4) is 0 Å². The van der Waals surface area contributed by atoms with Crippen LogP contribution >= 0.6 is 0 Å². The standard InChI is InChI=1S/C25H32N4O3/c1-2-21(23(30)27-17-11-4-3-10-16-26)29-22-15-9-8-14-20(22)24(31)28(25(29)32)18-19-12-6-5-7-13-19/h5-9,12-15,21H,2-4,10-11,16-18,26H2,1H3,(H,27,30). The van der Waals surface area contributed by atoms with Gasteiger partial charge in [0.2, 0.25) is 5.91 Å². The second-order valence-electron chi connectivity index (χ2n) is 7.96. The van der Waals surface area contributed by atoms with Gasteiger partial charge in [-0.3, -0.25) is 18.7 Å². The highest BCUT2D eigenvalue weighted by molar-refractivity contribution is 5.84. The van der Waals surface area contributed by atoms with Crippen molar-refractivity contribution in [3.05, 3.63) is 81.0 Å². The van der Waals surface area contributed by atoms with E-state index in [9.17, 15) is 14.4 Å². The maximum absolute atomic E-state index is 13.5. The third-order valence-electron chi connectivity index (χ3n) is 5.69. The van der Waals surface area contributed by atoms with Crippen LogP contribution in [0.1, 0.15) is 50.6 Å². The van der Waals surface area contributed by atoms with Crippen molar-refractivity contribution in [3.63, 3.8) is 0 Å². The Labute approximate surface area is 187 Å². The fraction of sp³-hybridized carbons (Fsp3) is 0.400. The number of unbranched alkanes of at least 4 members (excludes halogenated alkanes) is 3. The van der Waals surface area contributed by atoms with Crippen LogP contribution in [0.2, 0.25) is 0 Å². The first-order chi connectivity index (χ1) is 15.6. The van der Waals surface area contributed by atoms with E-state index >= 15 is 0 Å². The van der Waals surface area contributed by atoms with Crippen LogP contribution in [-0.2, 0) is 11.3 Å². The molecule has 170 valence electrons. The van der Waals surface area contributed by atoms with E-state index in [1.165, 1.54) is 9.13 Å². The molecule has 1 unspecified atom stereocenters. The number of carbonyl (C=O) groups excluding carboxylic acids is 1. The summed E-state index contributed by atoms with van der Waals surface area (Å²) >= 11 is 0. The van der Waals surface area contributed by atoms with E-state index in [1.807, 2.05) is 37.3 Å². The number of nitrogens with one attached hydrogen (secondary N) is 1. The second-order valence-corrected chi connectivity index (χ2v) is 7.96. The summed E-state index contributed by atoms with van der Waals surface area (Å²) < 4.78 is 2.70. The number of hydrogen-bond donors (Lipinski definition) is 2. The van der Waals surface area contributed by atoms with Gasteiger partial charge in [0, 0.05) is 6.54 Å². The van der Waals surface area contributed by atoms with Crippen LogP contribution in [0.3, 0.4) is 0 Å². The molecule has 3 rings (SSSR count). The molecular weight excluding hydrogens is 404 g/mol. The molecule has 1 atom stereocenters. The van der Waals surface area contributed by atoms with Crippen molar-refractivity contribution in [2.24, 2.45) is 5.73 Å². The van der Waals surface area contributed by atoms with E-state index < -0.39 is 11.7 Å². The molecular formula is C25H32N4O3. The van der Waals surface area contributed by atoms with Crippen molar-refractivity contribution in [1.29, 1.82) is 0 Å². The van der Waals surface area contributed by atoms with Gasteiger partial charge in [0.1, 0.15) is 6.04 Å². The van der Waals surface area contributed by atoms with Crippen LogP contribution in [0.15, 0.2) is 64.2 Å². The summed E-state index contributed by atoms with van der Waals surface area (Å²) in [4.78, 5) is 39.7. The molecule has 3 aromatic rings. The number of hydrogen-bond acceptors (Lipinski definition) is 4. The first-order valence-corrected chi connectivity index (χ1v) is 11.3. The minimum atomic E-state index is -0.695. The van der Waals surface area contributed by atoms with Gasteiger partial charge in [0.05, 0.1) is 17.4 Å². The molecule has 7 heteroatoms. The smallest absolute Gasteiger partial charge is 0.332 e. The average molecular weight is 437 g/mol. The molecule has 0 bridgehead atoms. The Kier molecular flexibility index (Phi) is 8.39. The summed E-state index contributed by atoms with van der Waals surface area (Å²) in [7, 11) is 0. The SMILES string of the molecule is CCC(C(=O)NCCCCCCN)n1c(=O)n(Cc2ccccc2)c(=O)c2ccccc21. The molecule has 0 fully saturated rings. The van der Waals surface area contributed by atoms with Gasteiger partial charge in [-0.1, -0.05) is 62.2 Å². The Balaban J connectivity index is 1.95. The Morgan fingerprint density at radius 1 is 0.969 bits per heavy atom. The summed E-state index contributed by atoms with van der Waals surface area (Å²) in [6, 6.07) is 15.7. The highest BCUT2D eigenvalue weighted by Crippen LogP contribution is 2.17. The van der Waals surface area contributed by atoms with Crippen LogP contribution in [0.25, 0.3) is 10.9 Å². The van der Waals surface area contributed by atoms with Crippen molar-refractivity contribution in [1.82, 2.24) is 14.5 Å². The maximum Gasteiger partial charge on any atom is 0.332 e. The van der Waals surface area contributed by atoms with E-state index in [1.54, 1.807) is 24.3 Å². The number of amides is 1. The van der Waals surface area contributed by atoms with Gasteiger partial charge in [0.25, 0.3) is 5.56 Å². The van der Waals surface area contributed by atoms with E-state index in [-0.39, 0.29) is 18.0 Å². The molecule has 0 spiro atoms. The summed E-state index contributed by atoms with van der Waals surface area (Å²) in [6.45, 7) is 3.26. The van der Waals surface area contributed by atoms with Gasteiger partial charge in [-0.25, -0.2) is 4.79 Å². The summed E-state index contributed by atoms with van der Waals surface area (Å²) in [5, 5.41) is 3.39. The normalized spacial score (nSPS) is 12.1. The molecule has 1 amide bonds. The van der Waals surface area contributed by atoms with E-state index in [0.717, 1.165) is 31.2 Å². The molecule has 32 heavy (non-hydrogen) atoms. The lowest BCUT2D eigenvalue weighted by molar-refractivity contribution is -0.124. The lowest BCUT2D eigenvalue weighted by atomic mass is 10.1. The Hall–Kier alpha value is -3.19. The first kappa shape index (κ1) is 23.5. The largest absolute Gasteiger partial charge is 0.354 e. The summed E-state index contributed by atoms with van der Waals surface area (Å²) in [6.07, 6.45) is 4.32. The van der Waals surface area contributed by atoms with Crippen LogP contribution < -0.4 is 22.3 Å². The number of nitrogens with zero attached hydrogens (tertiary/aromatic N) is 2. The fourth-order valence-corrected chi connectivity index (χ4v) is 3.97. The number of fused-ring (bicyclic) bond motifs is 1. The molecule has 0 saturated heterocycles. The highest BCUT2D eigenvalue weighted by Gasteiger charge is 2.24. The molecule has 1 aromatic heterocycles. The third kappa shape index (κ3) is 5.34. The minimum absolute atomic E-state index is 0.155. The average Bonchev–Trinajstić information content (AvgIpc) is 2.82. The quantitative estimate of drug-likeness (QED) is 0.452. The highest BCUT2D eigenvalue weighted by atomic mass is 16.2. The second kappa shape index (κ2) is 11.4. The van der Waals surface area contributed by atoms with Gasteiger partial charge >= 0.3 is 5.69 Å². The Morgan fingerprint density at radius 3 is 2.38 bits per heavy atom. The zero-order valence-corrected chi connectivity index (χ0v) is 18.6. The molecule has 0 aliphatic heterocycles. The Bertz CT molecular complexity index is 1150. The number of nitrogens with two attached hydrogens (primary N) is 1. The van der Waals surface area contributed by atoms with Crippen LogP contribution in [-0.4, -0.2) is 28.1 Å².